The Morgan fingerprint density at radius 2 is 2.05 bits per heavy atom. The number of fused-ring (bicyclic) bond motifs is 1. The summed E-state index contributed by atoms with van der Waals surface area (Å²) < 4.78 is 3.12. The molecule has 1 aliphatic rings. The first-order chi connectivity index (χ1) is 18.1. The minimum absolute atomic E-state index is 0.182. The van der Waals surface area contributed by atoms with Crippen molar-refractivity contribution in [3.8, 4) is 11.8 Å². The van der Waals surface area contributed by atoms with Gasteiger partial charge in [-0.15, -0.1) is 5.10 Å². The normalized spacial score (nSPS) is 13.0. The molecule has 3 N–H and O–H groups in total. The number of nitrogens with zero attached hydrogens (tertiary/aromatic N) is 8. The number of nitriles is 1. The van der Waals surface area contributed by atoms with Crippen LogP contribution in [-0.2, 0) is 0 Å². The number of aromatic nitrogens is 6. The van der Waals surface area contributed by atoms with Crippen LogP contribution in [0.2, 0.25) is 0 Å². The van der Waals surface area contributed by atoms with Gasteiger partial charge in [-0.3, -0.25) is 4.79 Å². The lowest BCUT2D eigenvalue weighted by molar-refractivity contribution is 0.0949. The zero-order chi connectivity index (χ0) is 25.8. The first-order valence-corrected chi connectivity index (χ1v) is 12.4. The Bertz CT molecular complexity index is 1430. The summed E-state index contributed by atoms with van der Waals surface area (Å²) in [5, 5.41) is 28.1. The predicted molar refractivity (Wildman–Crippen MR) is 139 cm³/mol. The molecule has 0 spiro atoms. The molecule has 0 atom stereocenters. The molecule has 190 valence electrons. The van der Waals surface area contributed by atoms with Gasteiger partial charge in [-0.1, -0.05) is 13.8 Å². The third-order valence-electron chi connectivity index (χ3n) is 6.26. The number of amides is 1. The van der Waals surface area contributed by atoms with Gasteiger partial charge in [-0.05, 0) is 44.1 Å². The van der Waals surface area contributed by atoms with Crippen molar-refractivity contribution in [2.24, 2.45) is 0 Å². The van der Waals surface area contributed by atoms with Crippen LogP contribution < -0.4 is 16.0 Å². The van der Waals surface area contributed by atoms with Crippen molar-refractivity contribution in [1.29, 1.82) is 5.26 Å². The summed E-state index contributed by atoms with van der Waals surface area (Å²) in [6.45, 7) is 7.39. The highest BCUT2D eigenvalue weighted by Gasteiger charge is 2.23. The number of carbonyl (C=O) groups excluding carboxylic acids is 1. The van der Waals surface area contributed by atoms with Crippen LogP contribution in [0.1, 0.15) is 42.7 Å². The highest BCUT2D eigenvalue weighted by molar-refractivity contribution is 5.96. The number of hydrogen-bond donors (Lipinski definition) is 3. The van der Waals surface area contributed by atoms with Gasteiger partial charge in [0.2, 0.25) is 0 Å². The minimum atomic E-state index is -0.182. The number of likely N-dealkylation sites (N-methyl/N-ethyl adjacent to an activating group) is 1. The van der Waals surface area contributed by atoms with E-state index in [0.717, 1.165) is 38.2 Å². The molecule has 12 nitrogen and oxygen atoms in total. The lowest BCUT2D eigenvalue weighted by Gasteiger charge is -2.18. The van der Waals surface area contributed by atoms with E-state index in [1.165, 1.54) is 17.0 Å². The van der Waals surface area contributed by atoms with Crippen LogP contribution in [0.5, 0.6) is 0 Å². The van der Waals surface area contributed by atoms with Gasteiger partial charge in [0.15, 0.2) is 17.2 Å². The molecule has 0 aliphatic heterocycles. The van der Waals surface area contributed by atoms with E-state index in [1.807, 2.05) is 12.1 Å². The second-order valence-corrected chi connectivity index (χ2v) is 8.87. The zero-order valence-electron chi connectivity index (χ0n) is 20.8. The standard InChI is InChI=1S/C25H29N11O/c1-3-34(4-2)8-7-28-25(37)17-9-19(11-20(10-17)35-16-27-15-30-35)32-23-12-22(31-18-5-6-18)24-29-14-21(13-26)36(24)33-23/h9-12,14-16,18,31H,3-8H2,1-2H3,(H,28,37)(H,32,33). The summed E-state index contributed by atoms with van der Waals surface area (Å²) in [6, 6.07) is 9.80. The molecule has 1 aliphatic carbocycles. The Kier molecular flexibility index (Phi) is 6.96. The van der Waals surface area contributed by atoms with E-state index in [9.17, 15) is 10.1 Å². The molecule has 1 saturated carbocycles. The molecule has 37 heavy (non-hydrogen) atoms. The Balaban J connectivity index is 1.45. The van der Waals surface area contributed by atoms with Crippen molar-refractivity contribution in [3.05, 3.63) is 54.4 Å². The third kappa shape index (κ3) is 5.52. The van der Waals surface area contributed by atoms with Gasteiger partial charge in [0.1, 0.15) is 18.7 Å². The number of hydrogen-bond acceptors (Lipinski definition) is 9. The maximum Gasteiger partial charge on any atom is 0.251 e. The molecule has 0 saturated heterocycles. The molecule has 3 heterocycles. The van der Waals surface area contributed by atoms with Gasteiger partial charge in [0.05, 0.1) is 17.6 Å². The Labute approximate surface area is 214 Å². The van der Waals surface area contributed by atoms with E-state index < -0.39 is 0 Å². The predicted octanol–water partition coefficient (Wildman–Crippen LogP) is 2.57. The summed E-state index contributed by atoms with van der Waals surface area (Å²) >= 11 is 0. The first-order valence-electron chi connectivity index (χ1n) is 12.4. The monoisotopic (exact) mass is 499 g/mol. The largest absolute Gasteiger partial charge is 0.379 e. The molecule has 4 aromatic rings. The first kappa shape index (κ1) is 24.2. The highest BCUT2D eigenvalue weighted by Crippen LogP contribution is 2.30. The van der Waals surface area contributed by atoms with Gasteiger partial charge in [-0.2, -0.15) is 14.9 Å². The van der Waals surface area contributed by atoms with Crippen LogP contribution in [0.25, 0.3) is 11.3 Å². The van der Waals surface area contributed by atoms with Gasteiger partial charge in [0, 0.05) is 36.4 Å². The van der Waals surface area contributed by atoms with E-state index >= 15 is 0 Å². The molecule has 5 rings (SSSR count). The van der Waals surface area contributed by atoms with Crippen molar-refractivity contribution in [1.82, 2.24) is 39.6 Å². The summed E-state index contributed by atoms with van der Waals surface area (Å²) in [7, 11) is 0. The number of imidazole rings is 1. The minimum Gasteiger partial charge on any atom is -0.379 e. The maximum atomic E-state index is 13.1. The summed E-state index contributed by atoms with van der Waals surface area (Å²) in [5.41, 5.74) is 3.52. The van der Waals surface area contributed by atoms with Gasteiger partial charge in [-0.25, -0.2) is 14.6 Å². The topological polar surface area (TPSA) is 141 Å². The molecular formula is C25H29N11O. The van der Waals surface area contributed by atoms with Crippen molar-refractivity contribution >= 4 is 28.7 Å². The van der Waals surface area contributed by atoms with Crippen LogP contribution in [0, 0.1) is 11.3 Å². The third-order valence-corrected chi connectivity index (χ3v) is 6.26. The Hall–Kier alpha value is -4.50. The fourth-order valence-electron chi connectivity index (χ4n) is 4.07. The molecule has 0 radical (unpaired) electrons. The second kappa shape index (κ2) is 10.6. The SMILES string of the molecule is CCN(CC)CCNC(=O)c1cc(Nc2cc(NC3CC3)c3ncc(C#N)n3n2)cc(-n2cncn2)c1. The van der Waals surface area contributed by atoms with Crippen LogP contribution in [0.15, 0.2) is 43.1 Å². The highest BCUT2D eigenvalue weighted by atomic mass is 16.1. The average molecular weight is 500 g/mol. The molecule has 1 fully saturated rings. The average Bonchev–Trinajstić information content (AvgIpc) is 3.38. The fraction of sp³-hybridized carbons (Fsp3) is 0.360. The molecule has 0 bridgehead atoms. The molecule has 1 aromatic carbocycles. The number of rotatable bonds is 11. The van der Waals surface area contributed by atoms with E-state index in [4.69, 9.17) is 0 Å². The maximum absolute atomic E-state index is 13.1. The van der Waals surface area contributed by atoms with E-state index in [0.29, 0.717) is 46.7 Å². The summed E-state index contributed by atoms with van der Waals surface area (Å²) in [5.74, 6) is 0.326. The van der Waals surface area contributed by atoms with Crippen LogP contribution in [0.4, 0.5) is 17.2 Å². The Morgan fingerprint density at radius 1 is 1.22 bits per heavy atom. The summed E-state index contributed by atoms with van der Waals surface area (Å²) in [6.07, 6.45) is 6.72. The van der Waals surface area contributed by atoms with Crippen molar-refractivity contribution in [2.45, 2.75) is 32.7 Å². The lowest BCUT2D eigenvalue weighted by atomic mass is 10.1. The van der Waals surface area contributed by atoms with Gasteiger partial charge >= 0.3 is 0 Å². The molecule has 0 unspecified atom stereocenters. The number of anilines is 3. The second-order valence-electron chi connectivity index (χ2n) is 8.87. The molecule has 1 amide bonds. The van der Waals surface area contributed by atoms with Crippen LogP contribution >= 0.6 is 0 Å². The van der Waals surface area contributed by atoms with E-state index in [-0.39, 0.29) is 5.91 Å². The molecule has 12 heteroatoms. The smallest absolute Gasteiger partial charge is 0.251 e. The lowest BCUT2D eigenvalue weighted by Crippen LogP contribution is -2.34. The Morgan fingerprint density at radius 3 is 2.76 bits per heavy atom. The number of carbonyl (C=O) groups is 1. The van der Waals surface area contributed by atoms with Gasteiger partial charge < -0.3 is 20.9 Å². The quantitative estimate of drug-likeness (QED) is 0.284. The van der Waals surface area contributed by atoms with Crippen molar-refractivity contribution < 1.29 is 4.79 Å². The molecule has 3 aromatic heterocycles. The number of nitrogens with one attached hydrogen (secondary N) is 3. The molecular weight excluding hydrogens is 470 g/mol. The fourth-order valence-corrected chi connectivity index (χ4v) is 4.07. The number of benzene rings is 1. The van der Waals surface area contributed by atoms with Crippen molar-refractivity contribution in [3.63, 3.8) is 0 Å². The van der Waals surface area contributed by atoms with Gasteiger partial charge in [0.25, 0.3) is 5.91 Å². The van der Waals surface area contributed by atoms with E-state index in [2.05, 4.69) is 60.9 Å². The van der Waals surface area contributed by atoms with Crippen LogP contribution in [0.3, 0.4) is 0 Å². The van der Waals surface area contributed by atoms with E-state index in [1.54, 1.807) is 23.1 Å². The van der Waals surface area contributed by atoms with Crippen LogP contribution in [-0.4, -0.2) is 72.4 Å². The zero-order valence-corrected chi connectivity index (χ0v) is 20.8. The van der Waals surface area contributed by atoms with Crippen molar-refractivity contribution in [2.75, 3.05) is 36.8 Å². The summed E-state index contributed by atoms with van der Waals surface area (Å²) in [4.78, 5) is 23.7.